The Labute approximate surface area is 67.1 Å². The number of allylic oxidation sites excluding steroid dienone is 2. The maximum absolute atomic E-state index is 9.92. The Bertz CT molecular complexity index is 215. The minimum absolute atomic E-state index is 0.218. The third-order valence-electron chi connectivity index (χ3n) is 3.73. The molecule has 2 bridgehead atoms. The average Bonchev–Trinajstić information content (AvgIpc) is 2.52. The molecule has 0 spiro atoms. The zero-order chi connectivity index (χ0) is 7.47. The summed E-state index contributed by atoms with van der Waals surface area (Å²) in [6, 6.07) is 0. The van der Waals surface area contributed by atoms with Crippen molar-refractivity contribution in [2.75, 3.05) is 0 Å². The molecule has 0 aromatic heterocycles. The fraction of sp³-hybridized carbons (Fsp3) is 0.800. The van der Waals surface area contributed by atoms with Crippen molar-refractivity contribution >= 4 is 0 Å². The van der Waals surface area contributed by atoms with E-state index in [0.717, 1.165) is 24.7 Å². The van der Waals surface area contributed by atoms with Crippen LogP contribution in [0.1, 0.15) is 25.7 Å². The predicted octanol–water partition coefficient (Wildman–Crippen LogP) is 1.72. The molecule has 2 saturated carbocycles. The number of hydrogen-bond donors (Lipinski definition) is 1. The highest BCUT2D eigenvalue weighted by atomic mass is 16.3. The summed E-state index contributed by atoms with van der Waals surface area (Å²) < 4.78 is 0. The Morgan fingerprint density at radius 3 is 2.45 bits per heavy atom. The van der Waals surface area contributed by atoms with E-state index in [4.69, 9.17) is 0 Å². The van der Waals surface area contributed by atoms with Gasteiger partial charge in [-0.15, -0.1) is 0 Å². The van der Waals surface area contributed by atoms with Crippen LogP contribution in [0.2, 0.25) is 0 Å². The molecule has 1 N–H and O–H groups in total. The van der Waals surface area contributed by atoms with Crippen LogP contribution in [0.4, 0.5) is 0 Å². The SMILES string of the molecule is OC1(C2CC3C=CC2C3)CC1. The Morgan fingerprint density at radius 1 is 1.18 bits per heavy atom. The molecule has 0 radical (unpaired) electrons. The lowest BCUT2D eigenvalue weighted by Crippen LogP contribution is -2.25. The van der Waals surface area contributed by atoms with Crippen LogP contribution in [0, 0.1) is 17.8 Å². The molecule has 0 aromatic rings. The van der Waals surface area contributed by atoms with Gasteiger partial charge in [-0.3, -0.25) is 0 Å². The van der Waals surface area contributed by atoms with Crippen LogP contribution >= 0.6 is 0 Å². The van der Waals surface area contributed by atoms with Gasteiger partial charge >= 0.3 is 0 Å². The maximum Gasteiger partial charge on any atom is 0.0683 e. The fourth-order valence-electron chi connectivity index (χ4n) is 2.90. The lowest BCUT2D eigenvalue weighted by molar-refractivity contribution is 0.0683. The van der Waals surface area contributed by atoms with Gasteiger partial charge in [0.05, 0.1) is 5.60 Å². The van der Waals surface area contributed by atoms with Crippen molar-refractivity contribution in [2.45, 2.75) is 31.3 Å². The zero-order valence-electron chi connectivity index (χ0n) is 6.66. The van der Waals surface area contributed by atoms with Crippen LogP contribution in [0.25, 0.3) is 0 Å². The zero-order valence-corrected chi connectivity index (χ0v) is 6.66. The smallest absolute Gasteiger partial charge is 0.0683 e. The Balaban J connectivity index is 1.86. The van der Waals surface area contributed by atoms with Crippen LogP contribution < -0.4 is 0 Å². The maximum atomic E-state index is 9.92. The van der Waals surface area contributed by atoms with E-state index in [9.17, 15) is 5.11 Å². The van der Waals surface area contributed by atoms with Gasteiger partial charge in [0, 0.05) is 0 Å². The molecule has 11 heavy (non-hydrogen) atoms. The lowest BCUT2D eigenvalue weighted by atomic mass is 9.87. The molecular weight excluding hydrogens is 136 g/mol. The summed E-state index contributed by atoms with van der Waals surface area (Å²) in [4.78, 5) is 0. The molecule has 0 saturated heterocycles. The van der Waals surface area contributed by atoms with E-state index in [1.807, 2.05) is 0 Å². The standard InChI is InChI=1S/C10H14O/c11-10(3-4-10)9-6-7-1-2-8(9)5-7/h1-2,7-9,11H,3-6H2. The second-order valence-electron chi connectivity index (χ2n) is 4.49. The number of hydrogen-bond acceptors (Lipinski definition) is 1. The minimum Gasteiger partial charge on any atom is -0.390 e. The van der Waals surface area contributed by atoms with Crippen molar-refractivity contribution in [3.63, 3.8) is 0 Å². The summed E-state index contributed by atoms with van der Waals surface area (Å²) in [7, 11) is 0. The van der Waals surface area contributed by atoms with Gasteiger partial charge in [-0.25, -0.2) is 0 Å². The molecule has 0 aromatic carbocycles. The van der Waals surface area contributed by atoms with Gasteiger partial charge < -0.3 is 5.11 Å². The Morgan fingerprint density at radius 2 is 2.00 bits per heavy atom. The molecule has 0 amide bonds. The van der Waals surface area contributed by atoms with E-state index in [2.05, 4.69) is 12.2 Å². The van der Waals surface area contributed by atoms with Crippen molar-refractivity contribution in [3.05, 3.63) is 12.2 Å². The first-order valence-corrected chi connectivity index (χ1v) is 4.69. The Hall–Kier alpha value is -0.300. The largest absolute Gasteiger partial charge is 0.390 e. The van der Waals surface area contributed by atoms with E-state index in [0.29, 0.717) is 5.92 Å². The quantitative estimate of drug-likeness (QED) is 0.564. The summed E-state index contributed by atoms with van der Waals surface area (Å²) in [5.41, 5.74) is -0.218. The summed E-state index contributed by atoms with van der Waals surface area (Å²) >= 11 is 0. The average molecular weight is 150 g/mol. The highest BCUT2D eigenvalue weighted by Gasteiger charge is 2.54. The first-order chi connectivity index (χ1) is 5.28. The topological polar surface area (TPSA) is 20.2 Å². The lowest BCUT2D eigenvalue weighted by Gasteiger charge is -2.23. The molecule has 3 aliphatic carbocycles. The van der Waals surface area contributed by atoms with Crippen molar-refractivity contribution in [1.29, 1.82) is 0 Å². The van der Waals surface area contributed by atoms with Gasteiger partial charge in [0.15, 0.2) is 0 Å². The van der Waals surface area contributed by atoms with Gasteiger partial charge in [-0.1, -0.05) is 12.2 Å². The number of rotatable bonds is 1. The molecule has 0 aliphatic heterocycles. The van der Waals surface area contributed by atoms with E-state index in [1.165, 1.54) is 12.8 Å². The van der Waals surface area contributed by atoms with Gasteiger partial charge in [0.1, 0.15) is 0 Å². The molecule has 2 fully saturated rings. The minimum atomic E-state index is -0.218. The molecule has 1 heteroatoms. The number of aliphatic hydroxyl groups is 1. The van der Waals surface area contributed by atoms with Gasteiger partial charge in [-0.05, 0) is 43.4 Å². The van der Waals surface area contributed by atoms with Gasteiger partial charge in [0.2, 0.25) is 0 Å². The molecular formula is C10H14O. The van der Waals surface area contributed by atoms with Crippen LogP contribution in [-0.4, -0.2) is 10.7 Å². The van der Waals surface area contributed by atoms with E-state index in [1.54, 1.807) is 0 Å². The van der Waals surface area contributed by atoms with E-state index < -0.39 is 0 Å². The highest BCUT2D eigenvalue weighted by Crippen LogP contribution is 2.56. The van der Waals surface area contributed by atoms with Crippen molar-refractivity contribution < 1.29 is 5.11 Å². The summed E-state index contributed by atoms with van der Waals surface area (Å²) in [6.45, 7) is 0. The van der Waals surface area contributed by atoms with Gasteiger partial charge in [0.25, 0.3) is 0 Å². The third kappa shape index (κ3) is 0.750. The van der Waals surface area contributed by atoms with Crippen LogP contribution in [0.3, 0.4) is 0 Å². The molecule has 3 aliphatic rings. The molecule has 1 nitrogen and oxygen atoms in total. The molecule has 0 heterocycles. The third-order valence-corrected chi connectivity index (χ3v) is 3.73. The van der Waals surface area contributed by atoms with Crippen LogP contribution in [-0.2, 0) is 0 Å². The monoisotopic (exact) mass is 150 g/mol. The second kappa shape index (κ2) is 1.71. The van der Waals surface area contributed by atoms with Crippen molar-refractivity contribution in [1.82, 2.24) is 0 Å². The predicted molar refractivity (Wildman–Crippen MR) is 43.0 cm³/mol. The molecule has 3 unspecified atom stereocenters. The van der Waals surface area contributed by atoms with E-state index in [-0.39, 0.29) is 5.60 Å². The van der Waals surface area contributed by atoms with Crippen molar-refractivity contribution in [2.24, 2.45) is 17.8 Å². The number of fused-ring (bicyclic) bond motifs is 2. The second-order valence-corrected chi connectivity index (χ2v) is 4.49. The summed E-state index contributed by atoms with van der Waals surface area (Å²) in [6.07, 6.45) is 9.39. The molecule has 3 rings (SSSR count). The van der Waals surface area contributed by atoms with Crippen LogP contribution in [0.15, 0.2) is 12.2 Å². The summed E-state index contributed by atoms with van der Waals surface area (Å²) in [5.74, 6) is 2.17. The first kappa shape index (κ1) is 6.24. The first-order valence-electron chi connectivity index (χ1n) is 4.69. The van der Waals surface area contributed by atoms with Crippen LogP contribution in [0.5, 0.6) is 0 Å². The molecule has 3 atom stereocenters. The fourth-order valence-corrected chi connectivity index (χ4v) is 2.90. The Kier molecular flexibility index (Phi) is 0.972. The van der Waals surface area contributed by atoms with E-state index >= 15 is 0 Å². The molecule has 60 valence electrons. The summed E-state index contributed by atoms with van der Waals surface area (Å²) in [5, 5.41) is 9.92. The van der Waals surface area contributed by atoms with Crippen molar-refractivity contribution in [3.8, 4) is 0 Å². The van der Waals surface area contributed by atoms with Gasteiger partial charge in [-0.2, -0.15) is 0 Å². The normalized spacial score (nSPS) is 50.1. The highest BCUT2D eigenvalue weighted by molar-refractivity contribution is 5.16.